The van der Waals surface area contributed by atoms with Crippen molar-refractivity contribution in [3.05, 3.63) is 64.7 Å². The molecule has 0 aliphatic carbocycles. The van der Waals surface area contributed by atoms with Crippen LogP contribution >= 0.6 is 11.6 Å². The Morgan fingerprint density at radius 3 is 2.55 bits per heavy atom. The van der Waals surface area contributed by atoms with Crippen LogP contribution in [0.3, 0.4) is 0 Å². The second kappa shape index (κ2) is 7.97. The first-order valence-electron chi connectivity index (χ1n) is 7.38. The summed E-state index contributed by atoms with van der Waals surface area (Å²) in [4.78, 5) is 14.1. The molecule has 0 atom stereocenters. The maximum absolute atomic E-state index is 12.1. The fourth-order valence-electron chi connectivity index (χ4n) is 2.27. The summed E-state index contributed by atoms with van der Waals surface area (Å²) in [6.07, 6.45) is 0.959. The molecule has 1 amide bonds. The lowest BCUT2D eigenvalue weighted by Crippen LogP contribution is -2.29. The normalized spacial score (nSPS) is 10.7. The van der Waals surface area contributed by atoms with Crippen LogP contribution in [-0.4, -0.2) is 24.4 Å². The number of hydrogen-bond donors (Lipinski definition) is 1. The third kappa shape index (κ3) is 5.17. The second-order valence-corrected chi connectivity index (χ2v) is 5.84. The van der Waals surface area contributed by atoms with Gasteiger partial charge in [-0.05, 0) is 48.9 Å². The quantitative estimate of drug-likeness (QED) is 0.874. The Morgan fingerprint density at radius 1 is 1.14 bits per heavy atom. The molecule has 116 valence electrons. The Bertz CT molecular complexity index is 625. The van der Waals surface area contributed by atoms with E-state index in [1.807, 2.05) is 54.4 Å². The minimum Gasteiger partial charge on any atom is -0.325 e. The van der Waals surface area contributed by atoms with E-state index < -0.39 is 0 Å². The molecule has 3 nitrogen and oxygen atoms in total. The Kier molecular flexibility index (Phi) is 5.99. The molecule has 1 N–H and O–H groups in total. The van der Waals surface area contributed by atoms with Gasteiger partial charge in [0.1, 0.15) is 0 Å². The van der Waals surface area contributed by atoms with Crippen LogP contribution in [0.15, 0.2) is 48.5 Å². The van der Waals surface area contributed by atoms with Gasteiger partial charge < -0.3 is 5.32 Å². The predicted octanol–water partition coefficient (Wildman–Crippen LogP) is 3.97. The molecular weight excluding hydrogens is 296 g/mol. The maximum atomic E-state index is 12.1. The molecule has 0 aliphatic rings. The number of aryl methyl sites for hydroxylation is 1. The summed E-state index contributed by atoms with van der Waals surface area (Å²) in [5, 5.41) is 3.66. The Labute approximate surface area is 136 Å². The zero-order valence-electron chi connectivity index (χ0n) is 13.0. The minimum atomic E-state index is -0.00952. The summed E-state index contributed by atoms with van der Waals surface area (Å²) in [5.74, 6) is -0.00952. The fourth-order valence-corrected chi connectivity index (χ4v) is 2.40. The third-order valence-corrected chi connectivity index (χ3v) is 3.65. The first kappa shape index (κ1) is 16.5. The standard InChI is InChI=1S/C18H21ClN2O/c1-3-14-5-4-6-17(11-14)20-18(22)13-21(2)12-15-7-9-16(19)10-8-15/h4-11H,3,12-13H2,1-2H3,(H,20,22). The molecule has 0 aromatic heterocycles. The molecule has 0 aliphatic heterocycles. The van der Waals surface area contributed by atoms with Crippen molar-refractivity contribution in [3.63, 3.8) is 0 Å². The number of halogens is 1. The summed E-state index contributed by atoms with van der Waals surface area (Å²) >= 11 is 5.87. The van der Waals surface area contributed by atoms with Crippen molar-refractivity contribution < 1.29 is 4.79 Å². The van der Waals surface area contributed by atoms with E-state index >= 15 is 0 Å². The van der Waals surface area contributed by atoms with E-state index in [4.69, 9.17) is 11.6 Å². The van der Waals surface area contributed by atoms with E-state index in [-0.39, 0.29) is 5.91 Å². The lowest BCUT2D eigenvalue weighted by Gasteiger charge is -2.16. The van der Waals surface area contributed by atoms with Gasteiger partial charge in [0.2, 0.25) is 5.91 Å². The van der Waals surface area contributed by atoms with E-state index in [0.29, 0.717) is 13.1 Å². The molecule has 0 radical (unpaired) electrons. The molecule has 0 bridgehead atoms. The van der Waals surface area contributed by atoms with Crippen LogP contribution in [0.2, 0.25) is 5.02 Å². The Balaban J connectivity index is 1.86. The average molecular weight is 317 g/mol. The predicted molar refractivity (Wildman–Crippen MR) is 92.2 cm³/mol. The highest BCUT2D eigenvalue weighted by atomic mass is 35.5. The number of anilines is 1. The number of amides is 1. The summed E-state index contributed by atoms with van der Waals surface area (Å²) < 4.78 is 0. The van der Waals surface area contributed by atoms with Crippen LogP contribution in [0.5, 0.6) is 0 Å². The van der Waals surface area contributed by atoms with Gasteiger partial charge >= 0.3 is 0 Å². The summed E-state index contributed by atoms with van der Waals surface area (Å²) in [5.41, 5.74) is 3.20. The first-order chi connectivity index (χ1) is 10.6. The van der Waals surface area contributed by atoms with Crippen LogP contribution < -0.4 is 5.32 Å². The van der Waals surface area contributed by atoms with E-state index in [1.54, 1.807) is 0 Å². The van der Waals surface area contributed by atoms with Crippen LogP contribution in [0, 0.1) is 0 Å². The molecule has 0 fully saturated rings. The highest BCUT2D eigenvalue weighted by Crippen LogP contribution is 2.12. The molecule has 0 unspecified atom stereocenters. The second-order valence-electron chi connectivity index (χ2n) is 5.40. The highest BCUT2D eigenvalue weighted by molar-refractivity contribution is 6.30. The topological polar surface area (TPSA) is 32.3 Å². The van der Waals surface area contributed by atoms with Crippen molar-refractivity contribution in [1.82, 2.24) is 4.90 Å². The lowest BCUT2D eigenvalue weighted by atomic mass is 10.1. The lowest BCUT2D eigenvalue weighted by molar-refractivity contribution is -0.117. The molecule has 0 spiro atoms. The monoisotopic (exact) mass is 316 g/mol. The Morgan fingerprint density at radius 2 is 1.86 bits per heavy atom. The van der Waals surface area contributed by atoms with Gasteiger partial charge in [-0.25, -0.2) is 0 Å². The summed E-state index contributed by atoms with van der Waals surface area (Å²) in [7, 11) is 1.93. The van der Waals surface area contributed by atoms with E-state index in [9.17, 15) is 4.79 Å². The number of likely N-dealkylation sites (N-methyl/N-ethyl adjacent to an activating group) is 1. The molecule has 2 rings (SSSR count). The smallest absolute Gasteiger partial charge is 0.238 e. The van der Waals surface area contributed by atoms with Crippen molar-refractivity contribution >= 4 is 23.2 Å². The molecular formula is C18H21ClN2O. The van der Waals surface area contributed by atoms with Crippen LogP contribution in [0.25, 0.3) is 0 Å². The summed E-state index contributed by atoms with van der Waals surface area (Å²) in [6.45, 7) is 3.15. The summed E-state index contributed by atoms with van der Waals surface area (Å²) in [6, 6.07) is 15.6. The average Bonchev–Trinajstić information content (AvgIpc) is 2.49. The van der Waals surface area contributed by atoms with Crippen molar-refractivity contribution in [2.75, 3.05) is 18.9 Å². The van der Waals surface area contributed by atoms with Crippen molar-refractivity contribution in [3.8, 4) is 0 Å². The van der Waals surface area contributed by atoms with Gasteiger partial charge in [0.05, 0.1) is 6.54 Å². The number of hydrogen-bond acceptors (Lipinski definition) is 2. The molecule has 0 saturated heterocycles. The van der Waals surface area contributed by atoms with Gasteiger partial charge in [-0.3, -0.25) is 9.69 Å². The number of nitrogens with one attached hydrogen (secondary N) is 1. The number of carbonyl (C=O) groups excluding carboxylic acids is 1. The number of carbonyl (C=O) groups is 1. The van der Waals surface area contributed by atoms with Gasteiger partial charge in [0, 0.05) is 17.3 Å². The third-order valence-electron chi connectivity index (χ3n) is 3.40. The molecule has 0 heterocycles. The number of benzene rings is 2. The molecule has 2 aromatic rings. The molecule has 4 heteroatoms. The molecule has 2 aromatic carbocycles. The fraction of sp³-hybridized carbons (Fsp3) is 0.278. The van der Waals surface area contributed by atoms with Gasteiger partial charge in [0.15, 0.2) is 0 Å². The number of rotatable bonds is 6. The van der Waals surface area contributed by atoms with E-state index in [1.165, 1.54) is 5.56 Å². The maximum Gasteiger partial charge on any atom is 0.238 e. The van der Waals surface area contributed by atoms with Crippen LogP contribution in [0.1, 0.15) is 18.1 Å². The van der Waals surface area contributed by atoms with Gasteiger partial charge in [-0.2, -0.15) is 0 Å². The van der Waals surface area contributed by atoms with Crippen molar-refractivity contribution in [2.24, 2.45) is 0 Å². The van der Waals surface area contributed by atoms with Gasteiger partial charge in [-0.15, -0.1) is 0 Å². The van der Waals surface area contributed by atoms with Crippen LogP contribution in [0.4, 0.5) is 5.69 Å². The zero-order chi connectivity index (χ0) is 15.9. The highest BCUT2D eigenvalue weighted by Gasteiger charge is 2.08. The Hall–Kier alpha value is -1.84. The minimum absolute atomic E-state index is 0.00952. The van der Waals surface area contributed by atoms with Gasteiger partial charge in [0.25, 0.3) is 0 Å². The van der Waals surface area contributed by atoms with E-state index in [0.717, 1.165) is 22.7 Å². The van der Waals surface area contributed by atoms with Crippen LogP contribution in [-0.2, 0) is 17.8 Å². The largest absolute Gasteiger partial charge is 0.325 e. The zero-order valence-corrected chi connectivity index (χ0v) is 13.7. The molecule has 0 saturated carbocycles. The van der Waals surface area contributed by atoms with Gasteiger partial charge in [-0.1, -0.05) is 42.8 Å². The van der Waals surface area contributed by atoms with Crippen molar-refractivity contribution in [2.45, 2.75) is 19.9 Å². The first-order valence-corrected chi connectivity index (χ1v) is 7.76. The number of nitrogens with zero attached hydrogens (tertiary/aromatic N) is 1. The van der Waals surface area contributed by atoms with Crippen molar-refractivity contribution in [1.29, 1.82) is 0 Å². The molecule has 22 heavy (non-hydrogen) atoms. The van der Waals surface area contributed by atoms with E-state index in [2.05, 4.69) is 18.3 Å². The SMILES string of the molecule is CCc1cccc(NC(=O)CN(C)Cc2ccc(Cl)cc2)c1.